The third kappa shape index (κ3) is 4.63. The van der Waals surface area contributed by atoms with Crippen molar-refractivity contribution in [2.45, 2.75) is 75.0 Å². The minimum absolute atomic E-state index is 0.0249. The van der Waals surface area contributed by atoms with E-state index in [1.165, 1.54) is 0 Å². The maximum Gasteiger partial charge on any atom is 0.403 e. The maximum absolute atomic E-state index is 13.1. The highest BCUT2D eigenvalue weighted by Crippen LogP contribution is 2.42. The van der Waals surface area contributed by atoms with Crippen molar-refractivity contribution in [3.8, 4) is 0 Å². The number of hydrogen-bond donors (Lipinski definition) is 4. The minimum atomic E-state index is -4.45. The van der Waals surface area contributed by atoms with Crippen LogP contribution in [0.2, 0.25) is 0 Å². The number of fused-ring (bicyclic) bond motifs is 2. The maximum atomic E-state index is 13.1. The van der Waals surface area contributed by atoms with Gasteiger partial charge in [0.15, 0.2) is 12.1 Å². The van der Waals surface area contributed by atoms with Crippen LogP contribution in [-0.2, 0) is 14.3 Å². The lowest BCUT2D eigenvalue weighted by molar-refractivity contribution is -0.194. The molecular weight excluding hydrogens is 371 g/mol. The highest BCUT2D eigenvalue weighted by Gasteiger charge is 2.50. The van der Waals surface area contributed by atoms with Crippen molar-refractivity contribution < 1.29 is 42.8 Å². The first-order chi connectivity index (χ1) is 12.7. The predicted octanol–water partition coefficient (Wildman–Crippen LogP) is 0.110. The van der Waals surface area contributed by atoms with E-state index in [0.717, 1.165) is 6.42 Å². The summed E-state index contributed by atoms with van der Waals surface area (Å²) in [7, 11) is 0. The normalized spacial score (nSPS) is 41.0. The van der Waals surface area contributed by atoms with Crippen LogP contribution in [0.1, 0.15) is 32.1 Å². The van der Waals surface area contributed by atoms with Crippen molar-refractivity contribution in [1.82, 2.24) is 5.32 Å². The van der Waals surface area contributed by atoms with Crippen LogP contribution in [-0.4, -0.2) is 77.2 Å². The van der Waals surface area contributed by atoms with Crippen molar-refractivity contribution in [2.24, 2.45) is 11.8 Å². The SMILES string of the molecule is O=C1C2CCC(C2)C(O)C1OC1CCC(C(F)(F)F)NC1COC(O)CO. The molecule has 0 aromatic heterocycles. The lowest BCUT2D eigenvalue weighted by Crippen LogP contribution is -2.60. The number of hydrogen-bond acceptors (Lipinski definition) is 7. The van der Waals surface area contributed by atoms with Crippen LogP contribution in [0.4, 0.5) is 13.2 Å². The highest BCUT2D eigenvalue weighted by atomic mass is 19.4. The second kappa shape index (κ2) is 8.30. The summed E-state index contributed by atoms with van der Waals surface area (Å²) in [5.74, 6) is -0.374. The molecule has 4 N–H and O–H groups in total. The number of rotatable bonds is 6. The summed E-state index contributed by atoms with van der Waals surface area (Å²) in [5.41, 5.74) is 0. The Morgan fingerprint density at radius 2 is 1.96 bits per heavy atom. The number of halogens is 3. The molecular formula is C17H26F3NO6. The predicted molar refractivity (Wildman–Crippen MR) is 85.6 cm³/mol. The molecule has 0 spiro atoms. The summed E-state index contributed by atoms with van der Waals surface area (Å²) in [6, 6.07) is -2.69. The molecule has 2 aliphatic carbocycles. The van der Waals surface area contributed by atoms with Crippen LogP contribution >= 0.6 is 0 Å². The van der Waals surface area contributed by atoms with Crippen LogP contribution in [0.5, 0.6) is 0 Å². The molecule has 10 heteroatoms. The average molecular weight is 397 g/mol. The summed E-state index contributed by atoms with van der Waals surface area (Å²) in [6.07, 6.45) is -6.86. The molecule has 1 aliphatic heterocycles. The number of piperidine rings is 1. The number of aliphatic hydroxyl groups is 3. The van der Waals surface area contributed by atoms with Gasteiger partial charge in [0.05, 0.1) is 31.5 Å². The fourth-order valence-electron chi connectivity index (χ4n) is 4.39. The molecule has 3 aliphatic rings. The summed E-state index contributed by atoms with van der Waals surface area (Å²) < 4.78 is 50.0. The quantitative estimate of drug-likeness (QED) is 0.471. The van der Waals surface area contributed by atoms with E-state index in [4.69, 9.17) is 14.6 Å². The van der Waals surface area contributed by atoms with Gasteiger partial charge in [-0.15, -0.1) is 0 Å². The van der Waals surface area contributed by atoms with Crippen LogP contribution in [0.15, 0.2) is 0 Å². The van der Waals surface area contributed by atoms with E-state index in [0.29, 0.717) is 12.8 Å². The summed E-state index contributed by atoms with van der Waals surface area (Å²) in [5, 5.41) is 31.0. The van der Waals surface area contributed by atoms with Gasteiger partial charge >= 0.3 is 6.18 Å². The Morgan fingerprint density at radius 3 is 2.63 bits per heavy atom. The standard InChI is InChI=1S/C17H26F3NO6/c18-17(19,20)12-4-3-11(10(21-12)7-26-13(23)6-22)27-16-14(24)8-1-2-9(5-8)15(16)25/h8-14,16,21-24H,1-7H2. The van der Waals surface area contributed by atoms with Gasteiger partial charge in [-0.05, 0) is 38.0 Å². The van der Waals surface area contributed by atoms with Crippen molar-refractivity contribution in [3.63, 3.8) is 0 Å². The molecule has 0 aromatic rings. The molecule has 0 amide bonds. The minimum Gasteiger partial charge on any atom is -0.391 e. The van der Waals surface area contributed by atoms with Crippen molar-refractivity contribution in [3.05, 3.63) is 0 Å². The molecule has 8 atom stereocenters. The second-order valence-corrected chi connectivity index (χ2v) is 7.67. The average Bonchev–Trinajstić information content (AvgIpc) is 3.08. The summed E-state index contributed by atoms with van der Waals surface area (Å²) >= 11 is 0. The molecule has 1 saturated heterocycles. The Morgan fingerprint density at radius 1 is 1.22 bits per heavy atom. The number of ether oxygens (including phenoxy) is 2. The molecule has 2 bridgehead atoms. The first kappa shape index (κ1) is 20.9. The van der Waals surface area contributed by atoms with E-state index in [1.54, 1.807) is 0 Å². The van der Waals surface area contributed by atoms with E-state index in [9.17, 15) is 28.2 Å². The van der Waals surface area contributed by atoms with Gasteiger partial charge in [0.25, 0.3) is 0 Å². The second-order valence-electron chi connectivity index (χ2n) is 7.67. The Balaban J connectivity index is 1.68. The lowest BCUT2D eigenvalue weighted by atomic mass is 9.83. The first-order valence-corrected chi connectivity index (χ1v) is 9.31. The zero-order chi connectivity index (χ0) is 19.8. The van der Waals surface area contributed by atoms with Gasteiger partial charge in [-0.1, -0.05) is 0 Å². The number of carbonyl (C=O) groups excluding carboxylic acids is 1. The zero-order valence-electron chi connectivity index (χ0n) is 14.8. The van der Waals surface area contributed by atoms with Gasteiger partial charge in [0, 0.05) is 5.92 Å². The van der Waals surface area contributed by atoms with Crippen LogP contribution < -0.4 is 5.32 Å². The molecule has 27 heavy (non-hydrogen) atoms. The van der Waals surface area contributed by atoms with Gasteiger partial charge < -0.3 is 24.8 Å². The number of alkyl halides is 3. The molecule has 0 aromatic carbocycles. The number of nitrogens with one attached hydrogen (secondary N) is 1. The van der Waals surface area contributed by atoms with E-state index in [2.05, 4.69) is 5.32 Å². The van der Waals surface area contributed by atoms with Gasteiger partial charge in [0.1, 0.15) is 12.1 Å². The van der Waals surface area contributed by atoms with Crippen LogP contribution in [0, 0.1) is 11.8 Å². The number of aliphatic hydroxyl groups excluding tert-OH is 3. The van der Waals surface area contributed by atoms with E-state index < -0.39 is 49.5 Å². The van der Waals surface area contributed by atoms with E-state index in [1.807, 2.05) is 0 Å². The van der Waals surface area contributed by atoms with E-state index in [-0.39, 0.29) is 37.1 Å². The lowest BCUT2D eigenvalue weighted by Gasteiger charge is -2.41. The van der Waals surface area contributed by atoms with Crippen molar-refractivity contribution in [1.29, 1.82) is 0 Å². The molecule has 3 fully saturated rings. The molecule has 3 rings (SSSR count). The molecule has 0 radical (unpaired) electrons. The Bertz CT molecular complexity index is 533. The molecule has 8 unspecified atom stereocenters. The smallest absolute Gasteiger partial charge is 0.391 e. The van der Waals surface area contributed by atoms with Crippen LogP contribution in [0.25, 0.3) is 0 Å². The Kier molecular flexibility index (Phi) is 6.44. The van der Waals surface area contributed by atoms with Gasteiger partial charge in [0.2, 0.25) is 0 Å². The molecule has 1 heterocycles. The highest BCUT2D eigenvalue weighted by molar-refractivity contribution is 5.87. The summed E-state index contributed by atoms with van der Waals surface area (Å²) in [6.45, 7) is -1.02. The number of carbonyl (C=O) groups is 1. The first-order valence-electron chi connectivity index (χ1n) is 9.31. The molecule has 2 saturated carbocycles. The van der Waals surface area contributed by atoms with E-state index >= 15 is 0 Å². The third-order valence-electron chi connectivity index (χ3n) is 5.89. The Hall–Kier alpha value is -0.780. The number of ketones is 1. The van der Waals surface area contributed by atoms with Gasteiger partial charge in [-0.25, -0.2) is 0 Å². The van der Waals surface area contributed by atoms with Gasteiger partial charge in [-0.2, -0.15) is 13.2 Å². The number of Topliss-reactive ketones (excluding diaryl/α,β-unsaturated/α-hetero) is 1. The monoisotopic (exact) mass is 397 g/mol. The van der Waals surface area contributed by atoms with Crippen LogP contribution in [0.3, 0.4) is 0 Å². The largest absolute Gasteiger partial charge is 0.403 e. The van der Waals surface area contributed by atoms with Gasteiger partial charge in [-0.3, -0.25) is 10.1 Å². The topological polar surface area (TPSA) is 108 Å². The fourth-order valence-corrected chi connectivity index (χ4v) is 4.39. The van der Waals surface area contributed by atoms with Crippen molar-refractivity contribution >= 4 is 5.78 Å². The Labute approximate surface area is 154 Å². The molecule has 156 valence electrons. The van der Waals surface area contributed by atoms with Crippen molar-refractivity contribution in [2.75, 3.05) is 13.2 Å². The fraction of sp³-hybridized carbons (Fsp3) is 0.941. The molecule has 7 nitrogen and oxygen atoms in total. The zero-order valence-corrected chi connectivity index (χ0v) is 14.8. The third-order valence-corrected chi connectivity index (χ3v) is 5.89. The summed E-state index contributed by atoms with van der Waals surface area (Å²) in [4.78, 5) is 12.5.